The fraction of sp³-hybridized carbons (Fsp3) is 0.200. The summed E-state index contributed by atoms with van der Waals surface area (Å²) in [7, 11) is 0. The molecule has 3 N–H and O–H groups in total. The maximum absolute atomic E-state index is 15.3. The first-order valence-electron chi connectivity index (χ1n) is 15.1. The topological polar surface area (TPSA) is 27.6 Å². The Bertz CT molecular complexity index is 1990. The molecule has 1 atom stereocenters. The van der Waals surface area contributed by atoms with E-state index in [-0.39, 0.29) is 5.41 Å². The van der Waals surface area contributed by atoms with E-state index in [9.17, 15) is 35.1 Å². The molecule has 1 nitrogen and oxygen atoms in total. The van der Waals surface area contributed by atoms with E-state index in [1.165, 1.54) is 16.7 Å². The first kappa shape index (κ1) is 41.0. The van der Waals surface area contributed by atoms with Crippen LogP contribution in [0.2, 0.25) is 0 Å². The van der Waals surface area contributed by atoms with Crippen molar-refractivity contribution in [3.05, 3.63) is 140 Å². The smallest absolute Gasteiger partial charge is 0.191 e. The Morgan fingerprint density at radius 2 is 0.679 bits per heavy atom. The fourth-order valence-corrected chi connectivity index (χ4v) is 6.66. The molecule has 1 unspecified atom stereocenters. The molecule has 1 aliphatic carbocycles. The lowest BCUT2D eigenvalue weighted by molar-refractivity contribution is -0.428. The van der Waals surface area contributed by atoms with Gasteiger partial charge in [0.1, 0.15) is 35.5 Å². The van der Waals surface area contributed by atoms with Gasteiger partial charge >= 0.3 is 0 Å². The maximum Gasteiger partial charge on any atom is 0.191 e. The average Bonchev–Trinajstić information content (AvgIpc) is 3.06. The third kappa shape index (κ3) is 6.37. The zero-order chi connectivity index (χ0) is 40.4. The first-order chi connectivity index (χ1) is 24.4. The minimum atomic E-state index is -6.18. The predicted molar refractivity (Wildman–Crippen MR) is 162 cm³/mol. The zero-order valence-corrected chi connectivity index (χ0v) is 27.8. The Morgan fingerprint density at radius 3 is 0.925 bits per heavy atom. The van der Waals surface area contributed by atoms with Crippen LogP contribution in [-0.4, -0.2) is 12.2 Å². The lowest BCUT2D eigenvalue weighted by atomic mass is 9.12. The summed E-state index contributed by atoms with van der Waals surface area (Å²) < 4.78 is 235. The van der Waals surface area contributed by atoms with Gasteiger partial charge in [-0.3, -0.25) is 0 Å². The van der Waals surface area contributed by atoms with E-state index in [0.29, 0.717) is 6.04 Å². The summed E-state index contributed by atoms with van der Waals surface area (Å²) in [5, 5.41) is 0. The van der Waals surface area contributed by atoms with Crippen LogP contribution in [0.25, 0.3) is 0 Å². The van der Waals surface area contributed by atoms with Gasteiger partial charge < -0.3 is 5.73 Å². The van der Waals surface area contributed by atoms with Gasteiger partial charge in [0.05, 0.1) is 23.3 Å². The third-order valence-corrected chi connectivity index (χ3v) is 9.75. The molecule has 0 heterocycles. The van der Waals surface area contributed by atoms with Crippen molar-refractivity contribution >= 4 is 28.0 Å². The Labute approximate surface area is 290 Å². The molecule has 0 saturated heterocycles. The van der Waals surface area contributed by atoms with Crippen LogP contribution >= 0.6 is 0 Å². The standard InChI is InChI=1S/C24H4BF16.C11H19N/c26-5-1-9(30)17(34)21(38)13(5)25(14-6(27)2-10(31)18(35)22(14)39,15-7(28)3-11(32)19(36)23(15)40)16-8(29)4-12(33)20(37)24(16)41;1-7-6-8(2)10(12)11(4,5)9(7)3/h1-4H;6,10H,12H2,1-5H3/q-1;/p+1. The highest BCUT2D eigenvalue weighted by molar-refractivity contribution is 7.20. The summed E-state index contributed by atoms with van der Waals surface area (Å²) in [5.74, 6) is -45.1. The average molecular weight is 773 g/mol. The Balaban J connectivity index is 0.000000443. The van der Waals surface area contributed by atoms with Crippen molar-refractivity contribution in [3.63, 3.8) is 0 Å². The van der Waals surface area contributed by atoms with E-state index in [4.69, 9.17) is 0 Å². The van der Waals surface area contributed by atoms with Gasteiger partial charge in [0, 0.05) is 29.7 Å². The molecular formula is C35H24BF16N. The monoisotopic (exact) mass is 773 g/mol. The molecule has 0 spiro atoms. The van der Waals surface area contributed by atoms with E-state index >= 15 is 35.1 Å². The first-order valence-corrected chi connectivity index (χ1v) is 15.1. The molecule has 0 saturated carbocycles. The van der Waals surface area contributed by atoms with Crippen LogP contribution in [0.5, 0.6) is 0 Å². The highest BCUT2D eigenvalue weighted by Gasteiger charge is 2.49. The van der Waals surface area contributed by atoms with Crippen molar-refractivity contribution < 1.29 is 76.0 Å². The van der Waals surface area contributed by atoms with Crippen LogP contribution in [0.3, 0.4) is 0 Å². The van der Waals surface area contributed by atoms with Gasteiger partial charge in [0.15, 0.2) is 46.5 Å². The molecule has 0 aromatic heterocycles. The summed E-state index contributed by atoms with van der Waals surface area (Å²) in [5.41, 5.74) is -2.19. The Kier molecular flexibility index (Phi) is 11.0. The van der Waals surface area contributed by atoms with E-state index in [0.717, 1.165) is 0 Å². The predicted octanol–water partition coefficient (Wildman–Crippen LogP) is 7.21. The summed E-state index contributed by atoms with van der Waals surface area (Å²) in [6.07, 6.45) is -3.92. The van der Waals surface area contributed by atoms with E-state index in [1.54, 1.807) is 0 Å². The third-order valence-electron chi connectivity index (χ3n) is 9.75. The molecule has 18 heteroatoms. The van der Waals surface area contributed by atoms with Gasteiger partial charge in [-0.2, -0.15) is 0 Å². The molecule has 53 heavy (non-hydrogen) atoms. The molecule has 0 amide bonds. The van der Waals surface area contributed by atoms with Gasteiger partial charge in [0.2, 0.25) is 0 Å². The second kappa shape index (κ2) is 14.2. The van der Waals surface area contributed by atoms with Gasteiger partial charge in [-0.1, -0.05) is 31.1 Å². The number of halogens is 16. The number of hydrogen-bond acceptors (Lipinski definition) is 0. The fourth-order valence-electron chi connectivity index (χ4n) is 6.66. The molecule has 1 aliphatic rings. The van der Waals surface area contributed by atoms with E-state index < -0.39 is 145 Å². The van der Waals surface area contributed by atoms with Crippen LogP contribution in [0.1, 0.15) is 34.6 Å². The highest BCUT2D eigenvalue weighted by Crippen LogP contribution is 2.37. The Hall–Kier alpha value is -4.74. The van der Waals surface area contributed by atoms with Gasteiger partial charge in [0.25, 0.3) is 0 Å². The Morgan fingerprint density at radius 1 is 0.434 bits per heavy atom. The second-order valence-corrected chi connectivity index (χ2v) is 12.9. The minimum Gasteiger partial charge on any atom is -0.351 e. The molecular weight excluding hydrogens is 749 g/mol. The van der Waals surface area contributed by atoms with Crippen LogP contribution < -0.4 is 27.6 Å². The largest absolute Gasteiger partial charge is 0.351 e. The normalized spacial score (nSPS) is 15.7. The molecule has 0 fully saturated rings. The van der Waals surface area contributed by atoms with Crippen molar-refractivity contribution in [1.82, 2.24) is 0 Å². The number of hydrogen-bond donors (Lipinski definition) is 1. The maximum atomic E-state index is 15.3. The highest BCUT2D eigenvalue weighted by atomic mass is 19.2. The minimum absolute atomic E-state index is 0.239. The molecule has 4 aromatic carbocycles. The van der Waals surface area contributed by atoms with E-state index in [2.05, 4.69) is 46.4 Å². The number of allylic oxidation sites excluding steroid dienone is 2. The SMILES string of the molecule is CC1=CC(C)=C(C)C(C)(C)C1[NH3+].Fc1cc(F)c([B-](c2c(F)cc(F)c(F)c2F)(c2c(F)cc(F)c(F)c2F)c2c(F)cc(F)c(F)c2F)c(F)c1F. The van der Waals surface area contributed by atoms with Crippen LogP contribution in [0.15, 0.2) is 47.1 Å². The van der Waals surface area contributed by atoms with Crippen molar-refractivity contribution in [3.8, 4) is 0 Å². The van der Waals surface area contributed by atoms with Crippen LogP contribution in [-0.2, 0) is 0 Å². The summed E-state index contributed by atoms with van der Waals surface area (Å²) in [6, 6.07) is -2.49. The number of benzene rings is 4. The molecule has 0 radical (unpaired) electrons. The lowest BCUT2D eigenvalue weighted by Gasteiger charge is -2.44. The summed E-state index contributed by atoms with van der Waals surface area (Å²) in [4.78, 5) is 0. The van der Waals surface area contributed by atoms with Gasteiger partial charge in [-0.05, 0) is 26.3 Å². The molecule has 284 valence electrons. The van der Waals surface area contributed by atoms with Crippen molar-refractivity contribution in [2.45, 2.75) is 40.7 Å². The number of rotatable bonds is 4. The van der Waals surface area contributed by atoms with E-state index in [1.807, 2.05) is 0 Å². The molecule has 0 bridgehead atoms. The quantitative estimate of drug-likeness (QED) is 0.0984. The van der Waals surface area contributed by atoms with Crippen LogP contribution in [0.4, 0.5) is 70.2 Å². The van der Waals surface area contributed by atoms with Crippen molar-refractivity contribution in [2.75, 3.05) is 0 Å². The van der Waals surface area contributed by atoms with Crippen molar-refractivity contribution in [2.24, 2.45) is 5.41 Å². The zero-order valence-electron chi connectivity index (χ0n) is 27.8. The number of quaternary nitrogens is 1. The van der Waals surface area contributed by atoms with Gasteiger partial charge in [-0.25, -0.2) is 70.2 Å². The molecule has 4 aromatic rings. The molecule has 0 aliphatic heterocycles. The lowest BCUT2D eigenvalue weighted by Crippen LogP contribution is -2.80. The van der Waals surface area contributed by atoms with Crippen molar-refractivity contribution in [1.29, 1.82) is 0 Å². The second-order valence-electron chi connectivity index (χ2n) is 12.9. The van der Waals surface area contributed by atoms with Crippen LogP contribution in [0, 0.1) is 98.5 Å². The molecule has 5 rings (SSSR count). The summed E-state index contributed by atoms with van der Waals surface area (Å²) >= 11 is 0. The van der Waals surface area contributed by atoms with Gasteiger partial charge in [-0.15, -0.1) is 21.9 Å². The summed E-state index contributed by atoms with van der Waals surface area (Å²) in [6.45, 7) is 11.1.